The van der Waals surface area contributed by atoms with Gasteiger partial charge in [-0.05, 0) is 62.6 Å². The lowest BCUT2D eigenvalue weighted by Gasteiger charge is -2.21. The van der Waals surface area contributed by atoms with Crippen LogP contribution in [0.15, 0.2) is 53.2 Å². The molecule has 2 aliphatic heterocycles. The highest BCUT2D eigenvalue weighted by atomic mass is 32.2. The topological polar surface area (TPSA) is 80.2 Å². The van der Waals surface area contributed by atoms with Gasteiger partial charge < -0.3 is 14.8 Å². The van der Waals surface area contributed by atoms with Gasteiger partial charge in [0.05, 0.1) is 10.9 Å². The van der Waals surface area contributed by atoms with E-state index in [-0.39, 0.29) is 29.9 Å². The van der Waals surface area contributed by atoms with E-state index < -0.39 is 0 Å². The summed E-state index contributed by atoms with van der Waals surface area (Å²) in [5.41, 5.74) is 2.92. The number of aliphatic imine (C=N–C) groups is 1. The molecular formula is C26H27N3O4S. The lowest BCUT2D eigenvalue weighted by atomic mass is 10.1. The number of ether oxygens (including phenoxy) is 2. The van der Waals surface area contributed by atoms with E-state index in [1.807, 2.05) is 56.3 Å². The van der Waals surface area contributed by atoms with Crippen LogP contribution in [-0.4, -0.2) is 35.1 Å². The highest BCUT2D eigenvalue weighted by Gasteiger charge is 2.34. The summed E-state index contributed by atoms with van der Waals surface area (Å²) in [6, 6.07) is 13.5. The Bertz CT molecular complexity index is 1170. The third-order valence-electron chi connectivity index (χ3n) is 6.17. The van der Waals surface area contributed by atoms with E-state index in [9.17, 15) is 9.59 Å². The molecule has 1 aliphatic carbocycles. The summed E-state index contributed by atoms with van der Waals surface area (Å²) in [5.74, 6) is 1.07. The minimum atomic E-state index is -0.384. The van der Waals surface area contributed by atoms with Gasteiger partial charge in [0.2, 0.25) is 12.7 Å². The molecule has 2 amide bonds. The van der Waals surface area contributed by atoms with Gasteiger partial charge in [-0.3, -0.25) is 14.5 Å². The van der Waals surface area contributed by atoms with Gasteiger partial charge in [0.25, 0.3) is 5.91 Å². The van der Waals surface area contributed by atoms with Crippen molar-refractivity contribution >= 4 is 40.5 Å². The molecule has 34 heavy (non-hydrogen) atoms. The third kappa shape index (κ3) is 4.68. The molecule has 2 aromatic carbocycles. The van der Waals surface area contributed by atoms with Crippen LogP contribution < -0.4 is 19.7 Å². The second kappa shape index (κ2) is 9.54. The maximum atomic E-state index is 13.4. The lowest BCUT2D eigenvalue weighted by Crippen LogP contribution is -2.39. The van der Waals surface area contributed by atoms with Crippen molar-refractivity contribution in [1.29, 1.82) is 0 Å². The lowest BCUT2D eigenvalue weighted by molar-refractivity contribution is -0.121. The van der Waals surface area contributed by atoms with Crippen LogP contribution in [0.1, 0.15) is 43.7 Å². The largest absolute Gasteiger partial charge is 0.454 e. The number of thioether (sulfide) groups is 1. The molecule has 0 saturated heterocycles. The van der Waals surface area contributed by atoms with Crippen molar-refractivity contribution in [1.82, 2.24) is 5.32 Å². The van der Waals surface area contributed by atoms with Crippen molar-refractivity contribution < 1.29 is 19.1 Å². The number of aryl methyl sites for hydroxylation is 1. The van der Waals surface area contributed by atoms with Crippen molar-refractivity contribution in [2.75, 3.05) is 11.7 Å². The molecule has 0 radical (unpaired) electrons. The number of carbonyl (C=O) groups excluding carboxylic acids is 2. The number of carbonyl (C=O) groups is 2. The zero-order valence-corrected chi connectivity index (χ0v) is 20.1. The monoisotopic (exact) mass is 477 g/mol. The Labute approximate surface area is 203 Å². The molecule has 2 heterocycles. The van der Waals surface area contributed by atoms with Crippen molar-refractivity contribution in [2.24, 2.45) is 4.99 Å². The molecule has 7 nitrogen and oxygen atoms in total. The molecule has 1 atom stereocenters. The van der Waals surface area contributed by atoms with Gasteiger partial charge >= 0.3 is 0 Å². The normalized spacial score (nSPS) is 19.6. The zero-order valence-electron chi connectivity index (χ0n) is 19.2. The van der Waals surface area contributed by atoms with Crippen LogP contribution in [0.5, 0.6) is 11.5 Å². The summed E-state index contributed by atoms with van der Waals surface area (Å²) in [7, 11) is 0. The first kappa shape index (κ1) is 22.5. The minimum absolute atomic E-state index is 0.0240. The molecule has 2 aromatic rings. The zero-order chi connectivity index (χ0) is 23.7. The van der Waals surface area contributed by atoms with Crippen molar-refractivity contribution in [3.05, 3.63) is 59.3 Å². The molecule has 0 spiro atoms. The Balaban J connectivity index is 1.42. The number of hydrogen-bond donors (Lipinski definition) is 1. The molecule has 8 heteroatoms. The number of anilines is 1. The Morgan fingerprint density at radius 2 is 1.88 bits per heavy atom. The Morgan fingerprint density at radius 3 is 2.65 bits per heavy atom. The quantitative estimate of drug-likeness (QED) is 0.634. The van der Waals surface area contributed by atoms with Gasteiger partial charge in [0.1, 0.15) is 5.70 Å². The van der Waals surface area contributed by atoms with Gasteiger partial charge in [-0.25, -0.2) is 4.99 Å². The average molecular weight is 478 g/mol. The van der Waals surface area contributed by atoms with Gasteiger partial charge in [-0.15, -0.1) is 0 Å². The number of nitrogens with zero attached hydrogens (tertiary/aromatic N) is 2. The SMILES string of the molecule is Cc1ccc(N2C(=O)/C(=C/c3ccc4c(c3)OCO4)N=C2SC(C)C(=O)NC2CCCC2)cc1. The fourth-order valence-electron chi connectivity index (χ4n) is 4.26. The third-order valence-corrected chi connectivity index (χ3v) is 7.23. The van der Waals surface area contributed by atoms with E-state index >= 15 is 0 Å². The van der Waals surface area contributed by atoms with Crippen LogP contribution in [0.3, 0.4) is 0 Å². The molecule has 176 valence electrons. The number of fused-ring (bicyclic) bond motifs is 1. The van der Waals surface area contributed by atoms with Crippen LogP contribution in [0.25, 0.3) is 6.08 Å². The number of amidine groups is 1. The van der Waals surface area contributed by atoms with Crippen molar-refractivity contribution in [3.63, 3.8) is 0 Å². The number of rotatable bonds is 5. The molecule has 3 aliphatic rings. The van der Waals surface area contributed by atoms with E-state index in [2.05, 4.69) is 10.3 Å². The van der Waals surface area contributed by atoms with Gasteiger partial charge in [-0.2, -0.15) is 0 Å². The van der Waals surface area contributed by atoms with E-state index in [0.29, 0.717) is 22.4 Å². The number of amides is 2. The summed E-state index contributed by atoms with van der Waals surface area (Å²) < 4.78 is 10.8. The summed E-state index contributed by atoms with van der Waals surface area (Å²) in [4.78, 5) is 32.5. The van der Waals surface area contributed by atoms with E-state index in [1.165, 1.54) is 11.8 Å². The Hall–Kier alpha value is -3.26. The predicted molar refractivity (Wildman–Crippen MR) is 134 cm³/mol. The molecule has 5 rings (SSSR count). The second-order valence-electron chi connectivity index (χ2n) is 8.76. The average Bonchev–Trinajstić information content (AvgIpc) is 3.56. The molecule has 1 fully saturated rings. The molecule has 0 bridgehead atoms. The van der Waals surface area contributed by atoms with Crippen molar-refractivity contribution in [3.8, 4) is 11.5 Å². The van der Waals surface area contributed by atoms with E-state index in [1.54, 1.807) is 11.0 Å². The van der Waals surface area contributed by atoms with E-state index in [4.69, 9.17) is 9.47 Å². The second-order valence-corrected chi connectivity index (χ2v) is 10.1. The fraction of sp³-hybridized carbons (Fsp3) is 0.346. The number of benzene rings is 2. The van der Waals surface area contributed by atoms with Crippen LogP contribution in [0.4, 0.5) is 5.69 Å². The van der Waals surface area contributed by atoms with Crippen LogP contribution >= 0.6 is 11.8 Å². The predicted octanol–water partition coefficient (Wildman–Crippen LogP) is 4.65. The van der Waals surface area contributed by atoms with Gasteiger partial charge in [0, 0.05) is 6.04 Å². The van der Waals surface area contributed by atoms with Crippen LogP contribution in [-0.2, 0) is 9.59 Å². The smallest absolute Gasteiger partial charge is 0.283 e. The molecule has 0 aromatic heterocycles. The summed E-state index contributed by atoms with van der Waals surface area (Å²) in [6.45, 7) is 4.05. The first-order chi connectivity index (χ1) is 16.5. The van der Waals surface area contributed by atoms with Crippen molar-refractivity contribution in [2.45, 2.75) is 50.8 Å². The van der Waals surface area contributed by atoms with E-state index in [0.717, 1.165) is 42.5 Å². The maximum Gasteiger partial charge on any atom is 0.283 e. The van der Waals surface area contributed by atoms with Crippen LogP contribution in [0, 0.1) is 6.92 Å². The highest BCUT2D eigenvalue weighted by Crippen LogP contribution is 2.35. The highest BCUT2D eigenvalue weighted by molar-refractivity contribution is 8.15. The molecule has 1 N–H and O–H groups in total. The standard InChI is InChI=1S/C26H27N3O4S/c1-16-7-10-20(11-8-16)29-25(31)21(13-18-9-12-22-23(14-18)33-15-32-22)28-26(29)34-17(2)24(30)27-19-5-3-4-6-19/h7-14,17,19H,3-6,15H2,1-2H3,(H,27,30)/b21-13-. The summed E-state index contributed by atoms with van der Waals surface area (Å²) in [6.07, 6.45) is 6.11. The minimum Gasteiger partial charge on any atom is -0.454 e. The fourth-order valence-corrected chi connectivity index (χ4v) is 5.19. The molecule has 1 unspecified atom stereocenters. The first-order valence-electron chi connectivity index (χ1n) is 11.6. The number of nitrogens with one attached hydrogen (secondary N) is 1. The Morgan fingerprint density at radius 1 is 1.15 bits per heavy atom. The van der Waals surface area contributed by atoms with Gasteiger partial charge in [0.15, 0.2) is 16.7 Å². The summed E-state index contributed by atoms with van der Waals surface area (Å²) >= 11 is 1.30. The Kier molecular flexibility index (Phi) is 6.32. The summed E-state index contributed by atoms with van der Waals surface area (Å²) in [5, 5.41) is 3.25. The molecule has 1 saturated carbocycles. The van der Waals surface area contributed by atoms with Crippen LogP contribution in [0.2, 0.25) is 0 Å². The molecular weight excluding hydrogens is 450 g/mol. The first-order valence-corrected chi connectivity index (χ1v) is 12.4. The van der Waals surface area contributed by atoms with Gasteiger partial charge in [-0.1, -0.05) is 48.4 Å². The maximum absolute atomic E-state index is 13.4. The number of hydrogen-bond acceptors (Lipinski definition) is 6.